The molecule has 0 fully saturated rings. The first-order valence-electron chi connectivity index (χ1n) is 8.95. The molecule has 0 spiro atoms. The van der Waals surface area contributed by atoms with Crippen molar-refractivity contribution in [3.8, 4) is 0 Å². The smallest absolute Gasteiger partial charge is 0.263 e. The third-order valence-electron chi connectivity index (χ3n) is 4.61. The van der Waals surface area contributed by atoms with Gasteiger partial charge in [-0.3, -0.25) is 5.32 Å². The van der Waals surface area contributed by atoms with E-state index in [-0.39, 0.29) is 11.3 Å². The molecule has 0 aliphatic carbocycles. The van der Waals surface area contributed by atoms with E-state index in [1.165, 1.54) is 10.4 Å². The predicted molar refractivity (Wildman–Crippen MR) is 108 cm³/mol. The highest BCUT2D eigenvalue weighted by atomic mass is 28.4. The number of hydrogen-bond donors (Lipinski definition) is 2. The van der Waals surface area contributed by atoms with Crippen LogP contribution in [0, 0.1) is 0 Å². The second-order valence-corrected chi connectivity index (χ2v) is 11.9. The van der Waals surface area contributed by atoms with Crippen molar-refractivity contribution in [2.45, 2.75) is 51.5 Å². The molecule has 2 aromatic carbocycles. The lowest BCUT2D eigenvalue weighted by Crippen LogP contribution is -2.68. The number of aliphatic hydroxyl groups is 1. The Kier molecular flexibility index (Phi) is 6.57. The average Bonchev–Trinajstić information content (AvgIpc) is 2.58. The van der Waals surface area contributed by atoms with Crippen molar-refractivity contribution < 1.29 is 9.53 Å². The molecule has 0 bridgehead atoms. The molecule has 2 N–H and O–H groups in total. The fourth-order valence-corrected chi connectivity index (χ4v) is 8.10. The molecular formula is C21H31NO2Si. The van der Waals surface area contributed by atoms with E-state index in [1.54, 1.807) is 6.92 Å². The van der Waals surface area contributed by atoms with Gasteiger partial charge in [0, 0.05) is 6.42 Å². The number of rotatable bonds is 7. The van der Waals surface area contributed by atoms with E-state index in [9.17, 15) is 5.11 Å². The highest BCUT2D eigenvalue weighted by Gasteiger charge is 2.51. The molecule has 2 rings (SSSR count). The summed E-state index contributed by atoms with van der Waals surface area (Å²) in [5.74, 6) is 0. The standard InChI is InChI=1S/C21H31NO2Si/c1-17(23)16-20(22-5)24-25(21(2,3)4,18-12-8-6-9-13-18)19-14-10-7-11-15-19/h6-15,17,20,22-23H,16H2,1-5H3. The van der Waals surface area contributed by atoms with Crippen molar-refractivity contribution in [1.29, 1.82) is 0 Å². The van der Waals surface area contributed by atoms with Gasteiger partial charge in [-0.2, -0.15) is 0 Å². The normalized spacial score (nSPS) is 15.0. The molecule has 0 saturated heterocycles. The van der Waals surface area contributed by atoms with E-state index >= 15 is 0 Å². The summed E-state index contributed by atoms with van der Waals surface area (Å²) in [6.45, 7) is 8.58. The molecule has 0 aliphatic rings. The first-order valence-corrected chi connectivity index (χ1v) is 10.9. The minimum absolute atomic E-state index is 0.0660. The van der Waals surface area contributed by atoms with Gasteiger partial charge in [-0.1, -0.05) is 81.4 Å². The number of nitrogens with one attached hydrogen (secondary N) is 1. The zero-order valence-corrected chi connectivity index (χ0v) is 17.0. The quantitative estimate of drug-likeness (QED) is 0.591. The van der Waals surface area contributed by atoms with Crippen LogP contribution in [-0.4, -0.2) is 32.8 Å². The Balaban J connectivity index is 2.64. The van der Waals surface area contributed by atoms with Crippen LogP contribution in [0.5, 0.6) is 0 Å². The molecule has 0 amide bonds. The Morgan fingerprint density at radius 1 is 0.960 bits per heavy atom. The van der Waals surface area contributed by atoms with Gasteiger partial charge in [-0.15, -0.1) is 0 Å². The van der Waals surface area contributed by atoms with Crippen LogP contribution in [-0.2, 0) is 4.43 Å². The second-order valence-electron chi connectivity index (χ2n) is 7.64. The topological polar surface area (TPSA) is 41.5 Å². The summed E-state index contributed by atoms with van der Waals surface area (Å²) in [6.07, 6.45) is -0.0666. The maximum absolute atomic E-state index is 9.89. The molecule has 136 valence electrons. The van der Waals surface area contributed by atoms with Crippen LogP contribution in [0.15, 0.2) is 60.7 Å². The van der Waals surface area contributed by atoms with E-state index in [2.05, 4.69) is 74.6 Å². The third kappa shape index (κ3) is 4.39. The first kappa shape index (κ1) is 19.9. The summed E-state index contributed by atoms with van der Waals surface area (Å²) in [5, 5.41) is 15.6. The van der Waals surface area contributed by atoms with E-state index in [0.717, 1.165) is 0 Å². The van der Waals surface area contributed by atoms with Gasteiger partial charge in [0.1, 0.15) is 0 Å². The van der Waals surface area contributed by atoms with E-state index in [4.69, 9.17) is 4.43 Å². The molecule has 0 aliphatic heterocycles. The maximum Gasteiger partial charge on any atom is 0.263 e. The lowest BCUT2D eigenvalue weighted by molar-refractivity contribution is 0.0838. The minimum atomic E-state index is -2.57. The van der Waals surface area contributed by atoms with Crippen molar-refractivity contribution in [3.05, 3.63) is 60.7 Å². The van der Waals surface area contributed by atoms with Gasteiger partial charge in [0.15, 0.2) is 0 Å². The lowest BCUT2D eigenvalue weighted by atomic mass is 10.2. The Bertz CT molecular complexity index is 598. The molecular weight excluding hydrogens is 326 g/mol. The summed E-state index contributed by atoms with van der Waals surface area (Å²) in [6, 6.07) is 21.1. The monoisotopic (exact) mass is 357 g/mol. The van der Waals surface area contributed by atoms with Gasteiger partial charge in [0.2, 0.25) is 0 Å². The van der Waals surface area contributed by atoms with Crippen molar-refractivity contribution in [2.75, 3.05) is 7.05 Å². The molecule has 25 heavy (non-hydrogen) atoms. The van der Waals surface area contributed by atoms with Crippen molar-refractivity contribution >= 4 is 18.7 Å². The van der Waals surface area contributed by atoms with Gasteiger partial charge in [-0.25, -0.2) is 0 Å². The molecule has 0 aromatic heterocycles. The molecule has 4 heteroatoms. The fourth-order valence-electron chi connectivity index (χ4n) is 3.44. The molecule has 0 saturated carbocycles. The molecule has 0 radical (unpaired) electrons. The Morgan fingerprint density at radius 3 is 1.72 bits per heavy atom. The second kappa shape index (κ2) is 8.28. The van der Waals surface area contributed by atoms with Crippen LogP contribution >= 0.6 is 0 Å². The van der Waals surface area contributed by atoms with Crippen LogP contribution in [0.3, 0.4) is 0 Å². The Labute approximate surface area is 153 Å². The summed E-state index contributed by atoms with van der Waals surface area (Å²) in [5.41, 5.74) is 0. The lowest BCUT2D eigenvalue weighted by Gasteiger charge is -2.45. The first-order chi connectivity index (χ1) is 11.8. The zero-order chi connectivity index (χ0) is 18.5. The SMILES string of the molecule is CNC(CC(C)O)O[Si](c1ccccc1)(c1ccccc1)C(C)(C)C. The van der Waals surface area contributed by atoms with Gasteiger partial charge in [0.05, 0.1) is 12.3 Å². The average molecular weight is 358 g/mol. The summed E-state index contributed by atoms with van der Waals surface area (Å²) >= 11 is 0. The summed E-state index contributed by atoms with van der Waals surface area (Å²) in [7, 11) is -0.680. The molecule has 2 atom stereocenters. The zero-order valence-electron chi connectivity index (χ0n) is 16.0. The highest BCUT2D eigenvalue weighted by molar-refractivity contribution is 6.99. The molecule has 2 unspecified atom stereocenters. The third-order valence-corrected chi connectivity index (χ3v) is 9.66. The molecule has 3 nitrogen and oxygen atoms in total. The van der Waals surface area contributed by atoms with Gasteiger partial charge < -0.3 is 9.53 Å². The van der Waals surface area contributed by atoms with Crippen molar-refractivity contribution in [3.63, 3.8) is 0 Å². The van der Waals surface area contributed by atoms with Gasteiger partial charge >= 0.3 is 0 Å². The molecule has 2 aromatic rings. The number of hydrogen-bond acceptors (Lipinski definition) is 3. The highest BCUT2D eigenvalue weighted by Crippen LogP contribution is 2.37. The van der Waals surface area contributed by atoms with E-state index < -0.39 is 14.4 Å². The molecule has 0 heterocycles. The van der Waals surface area contributed by atoms with E-state index in [1.807, 2.05) is 19.2 Å². The van der Waals surface area contributed by atoms with Crippen LogP contribution < -0.4 is 15.7 Å². The predicted octanol–water partition coefficient (Wildman–Crippen LogP) is 2.88. The van der Waals surface area contributed by atoms with Crippen LogP contribution in [0.4, 0.5) is 0 Å². The van der Waals surface area contributed by atoms with Crippen LogP contribution in [0.1, 0.15) is 34.1 Å². The summed E-state index contributed by atoms with van der Waals surface area (Å²) in [4.78, 5) is 0. The maximum atomic E-state index is 9.89. The van der Waals surface area contributed by atoms with Crippen molar-refractivity contribution in [1.82, 2.24) is 5.32 Å². The largest absolute Gasteiger partial charge is 0.393 e. The number of aliphatic hydroxyl groups excluding tert-OH is 1. The van der Waals surface area contributed by atoms with Gasteiger partial charge in [-0.05, 0) is 29.4 Å². The van der Waals surface area contributed by atoms with Crippen molar-refractivity contribution in [2.24, 2.45) is 0 Å². The number of benzene rings is 2. The van der Waals surface area contributed by atoms with Crippen LogP contribution in [0.2, 0.25) is 5.04 Å². The summed E-state index contributed by atoms with van der Waals surface area (Å²) < 4.78 is 6.90. The van der Waals surface area contributed by atoms with Gasteiger partial charge in [0.25, 0.3) is 8.32 Å². The Morgan fingerprint density at radius 2 is 1.40 bits per heavy atom. The fraction of sp³-hybridized carbons (Fsp3) is 0.429. The Hall–Kier alpha value is -1.46. The van der Waals surface area contributed by atoms with Crippen LogP contribution in [0.25, 0.3) is 0 Å². The van der Waals surface area contributed by atoms with E-state index in [0.29, 0.717) is 6.42 Å². The minimum Gasteiger partial charge on any atom is -0.393 e.